The number of carbonyl (C=O) groups excluding carboxylic acids is 1. The van der Waals surface area contributed by atoms with Crippen LogP contribution >= 0.6 is 11.6 Å². The number of hydrogen-bond donors (Lipinski definition) is 3. The van der Waals surface area contributed by atoms with Crippen molar-refractivity contribution >= 4 is 34.7 Å². The Hall–Kier alpha value is -3.16. The second-order valence-corrected chi connectivity index (χ2v) is 6.85. The van der Waals surface area contributed by atoms with E-state index in [1.807, 2.05) is 0 Å². The van der Waals surface area contributed by atoms with E-state index in [2.05, 4.69) is 25.7 Å². The van der Waals surface area contributed by atoms with Crippen LogP contribution in [0.4, 0.5) is 29.3 Å². The van der Waals surface area contributed by atoms with Crippen LogP contribution in [0, 0.1) is 0 Å². The number of halogens is 4. The van der Waals surface area contributed by atoms with Crippen LogP contribution in [0.3, 0.4) is 0 Å². The number of urea groups is 1. The molecule has 3 heterocycles. The third kappa shape index (κ3) is 5.18. The van der Waals surface area contributed by atoms with Crippen molar-refractivity contribution in [2.24, 2.45) is 5.73 Å². The van der Waals surface area contributed by atoms with Gasteiger partial charge in [0.25, 0.3) is 0 Å². The highest BCUT2D eigenvalue weighted by atomic mass is 35.5. The molecule has 3 rings (SSSR count). The van der Waals surface area contributed by atoms with Crippen LogP contribution in [0.25, 0.3) is 5.65 Å². The van der Waals surface area contributed by atoms with E-state index in [1.165, 1.54) is 23.9 Å². The van der Waals surface area contributed by atoms with Crippen LogP contribution in [0.15, 0.2) is 24.5 Å². The van der Waals surface area contributed by atoms with Gasteiger partial charge in [0.05, 0.1) is 29.2 Å². The number of pyridine rings is 1. The molecule has 0 radical (unpaired) electrons. The lowest BCUT2D eigenvalue weighted by molar-refractivity contribution is -0.137. The van der Waals surface area contributed by atoms with E-state index >= 15 is 0 Å². The van der Waals surface area contributed by atoms with E-state index in [9.17, 15) is 18.0 Å². The van der Waals surface area contributed by atoms with Gasteiger partial charge < -0.3 is 25.8 Å². The highest BCUT2D eigenvalue weighted by Gasteiger charge is 2.32. The van der Waals surface area contributed by atoms with E-state index in [1.54, 1.807) is 6.92 Å². The summed E-state index contributed by atoms with van der Waals surface area (Å²) in [5, 5.41) is 9.15. The Balaban J connectivity index is 1.92. The highest BCUT2D eigenvalue weighted by molar-refractivity contribution is 6.29. The van der Waals surface area contributed by atoms with Crippen molar-refractivity contribution in [1.29, 1.82) is 0 Å². The molecule has 2 amide bonds. The molecule has 0 spiro atoms. The number of alkyl halides is 3. The zero-order valence-corrected chi connectivity index (χ0v) is 17.7. The summed E-state index contributed by atoms with van der Waals surface area (Å²) in [7, 11) is 1.46. The standard InChI is InChI=1S/C18H19ClF3N7O3/c1-9(31-2)15-12(8-24-14-6-13(19)28-29(14)15)27-17(30)26-11-5-10(18(20,21)22)7-25-16(11)32-4-3-23/h5-9H,3-4,23H2,1-2H3,(H2,26,27,30)/t9-/m0/s1. The van der Waals surface area contributed by atoms with E-state index in [0.717, 1.165) is 0 Å². The van der Waals surface area contributed by atoms with Crippen molar-refractivity contribution in [3.05, 3.63) is 40.9 Å². The summed E-state index contributed by atoms with van der Waals surface area (Å²) in [6.07, 6.45) is -3.24. The van der Waals surface area contributed by atoms with Gasteiger partial charge in [0.15, 0.2) is 10.8 Å². The monoisotopic (exact) mass is 473 g/mol. The van der Waals surface area contributed by atoms with E-state index in [-0.39, 0.29) is 35.6 Å². The number of ether oxygens (including phenoxy) is 2. The number of carbonyl (C=O) groups is 1. The molecule has 0 aliphatic heterocycles. The van der Waals surface area contributed by atoms with Crippen molar-refractivity contribution in [2.45, 2.75) is 19.2 Å². The summed E-state index contributed by atoms with van der Waals surface area (Å²) in [5.41, 5.74) is 5.05. The molecule has 4 N–H and O–H groups in total. The average Bonchev–Trinajstić information content (AvgIpc) is 3.11. The highest BCUT2D eigenvalue weighted by Crippen LogP contribution is 2.34. The maximum absolute atomic E-state index is 13.1. The first-order valence-corrected chi connectivity index (χ1v) is 9.57. The summed E-state index contributed by atoms with van der Waals surface area (Å²) in [4.78, 5) is 20.4. The Morgan fingerprint density at radius 2 is 1.97 bits per heavy atom. The van der Waals surface area contributed by atoms with Gasteiger partial charge in [-0.15, -0.1) is 0 Å². The molecule has 10 nitrogen and oxygen atoms in total. The molecule has 1 atom stereocenters. The molecule has 32 heavy (non-hydrogen) atoms. The van der Waals surface area contributed by atoms with Crippen molar-refractivity contribution in [3.8, 4) is 5.88 Å². The molecule has 3 aromatic heterocycles. The third-order valence-corrected chi connectivity index (χ3v) is 4.45. The van der Waals surface area contributed by atoms with Crippen LogP contribution in [-0.4, -0.2) is 45.9 Å². The van der Waals surface area contributed by atoms with Gasteiger partial charge in [-0.05, 0) is 13.0 Å². The van der Waals surface area contributed by atoms with Gasteiger partial charge in [0.2, 0.25) is 5.88 Å². The Labute approximate surface area is 184 Å². The lowest BCUT2D eigenvalue weighted by atomic mass is 10.2. The first-order chi connectivity index (χ1) is 15.1. The van der Waals surface area contributed by atoms with Gasteiger partial charge in [0, 0.05) is 25.9 Å². The largest absolute Gasteiger partial charge is 0.475 e. The molecular formula is C18H19ClF3N7O3. The minimum atomic E-state index is -4.66. The Morgan fingerprint density at radius 3 is 2.62 bits per heavy atom. The van der Waals surface area contributed by atoms with Gasteiger partial charge in [-0.1, -0.05) is 11.6 Å². The van der Waals surface area contributed by atoms with Crippen LogP contribution in [0.2, 0.25) is 5.15 Å². The smallest absolute Gasteiger partial charge is 0.417 e. The minimum absolute atomic E-state index is 0.00912. The minimum Gasteiger partial charge on any atom is -0.475 e. The van der Waals surface area contributed by atoms with Gasteiger partial charge >= 0.3 is 12.2 Å². The zero-order chi connectivity index (χ0) is 23.5. The van der Waals surface area contributed by atoms with Gasteiger partial charge in [-0.2, -0.15) is 18.3 Å². The lowest BCUT2D eigenvalue weighted by Gasteiger charge is -2.18. The number of methoxy groups -OCH3 is 1. The summed E-state index contributed by atoms with van der Waals surface area (Å²) >= 11 is 5.94. The van der Waals surface area contributed by atoms with Crippen LogP contribution in [0.1, 0.15) is 24.3 Å². The van der Waals surface area contributed by atoms with Crippen LogP contribution < -0.4 is 21.1 Å². The molecule has 0 aliphatic carbocycles. The Kier molecular flexibility index (Phi) is 7.01. The number of nitrogens with zero attached hydrogens (tertiary/aromatic N) is 4. The molecule has 0 saturated carbocycles. The quantitative estimate of drug-likeness (QED) is 0.479. The third-order valence-electron chi connectivity index (χ3n) is 4.26. The zero-order valence-electron chi connectivity index (χ0n) is 16.9. The fraction of sp³-hybridized carbons (Fsp3) is 0.333. The van der Waals surface area contributed by atoms with Crippen molar-refractivity contribution in [1.82, 2.24) is 19.6 Å². The molecule has 0 bridgehead atoms. The number of anilines is 2. The second-order valence-electron chi connectivity index (χ2n) is 6.46. The second kappa shape index (κ2) is 9.54. The number of rotatable bonds is 7. The summed E-state index contributed by atoms with van der Waals surface area (Å²) in [6.45, 7) is 1.80. The maximum atomic E-state index is 13.1. The number of amides is 2. The predicted octanol–water partition coefficient (Wildman–Crippen LogP) is 3.49. The molecule has 172 valence electrons. The number of fused-ring (bicyclic) bond motifs is 1. The number of nitrogens with one attached hydrogen (secondary N) is 2. The first kappa shape index (κ1) is 23.5. The Bertz CT molecular complexity index is 1120. The summed E-state index contributed by atoms with van der Waals surface area (Å²) < 4.78 is 51.3. The molecule has 0 fully saturated rings. The molecule has 0 saturated heterocycles. The van der Waals surface area contributed by atoms with E-state index in [4.69, 9.17) is 26.8 Å². The first-order valence-electron chi connectivity index (χ1n) is 9.19. The van der Waals surface area contributed by atoms with Crippen LogP contribution in [-0.2, 0) is 10.9 Å². The van der Waals surface area contributed by atoms with Crippen molar-refractivity contribution in [2.75, 3.05) is 30.9 Å². The lowest BCUT2D eigenvalue weighted by Crippen LogP contribution is -2.23. The maximum Gasteiger partial charge on any atom is 0.417 e. The predicted molar refractivity (Wildman–Crippen MR) is 110 cm³/mol. The Morgan fingerprint density at radius 1 is 1.25 bits per heavy atom. The van der Waals surface area contributed by atoms with Gasteiger partial charge in [-0.25, -0.2) is 19.3 Å². The molecule has 0 aliphatic rings. The molecule has 0 unspecified atom stereocenters. The fourth-order valence-electron chi connectivity index (χ4n) is 2.77. The topological polar surface area (TPSA) is 129 Å². The van der Waals surface area contributed by atoms with Crippen molar-refractivity contribution in [3.63, 3.8) is 0 Å². The van der Waals surface area contributed by atoms with Crippen LogP contribution in [0.5, 0.6) is 5.88 Å². The normalized spacial score (nSPS) is 12.6. The van der Waals surface area contributed by atoms with Crippen molar-refractivity contribution < 1.29 is 27.4 Å². The van der Waals surface area contributed by atoms with E-state index in [0.29, 0.717) is 23.6 Å². The summed E-state index contributed by atoms with van der Waals surface area (Å²) in [6, 6.07) is 1.37. The number of nitrogens with two attached hydrogens (primary N) is 1. The molecule has 14 heteroatoms. The molecule has 3 aromatic rings. The van der Waals surface area contributed by atoms with Gasteiger partial charge in [-0.3, -0.25) is 0 Å². The van der Waals surface area contributed by atoms with E-state index < -0.39 is 23.9 Å². The average molecular weight is 474 g/mol. The number of hydrogen-bond acceptors (Lipinski definition) is 7. The number of aromatic nitrogens is 4. The van der Waals surface area contributed by atoms with Gasteiger partial charge in [0.1, 0.15) is 12.3 Å². The molecule has 0 aromatic carbocycles. The summed E-state index contributed by atoms with van der Waals surface area (Å²) in [5.74, 6) is -0.212. The fourth-order valence-corrected chi connectivity index (χ4v) is 2.94. The molecular weight excluding hydrogens is 455 g/mol. The SMILES string of the molecule is CO[C@@H](C)c1c(NC(=O)Nc2cc(C(F)(F)F)cnc2OCCN)cnc2cc(Cl)nn12.